The monoisotopic (exact) mass is 262 g/mol. The highest BCUT2D eigenvalue weighted by atomic mass is 35.5. The van der Waals surface area contributed by atoms with E-state index in [0.717, 1.165) is 5.69 Å². The first-order valence-electron chi connectivity index (χ1n) is 5.34. The van der Waals surface area contributed by atoms with Gasteiger partial charge in [0.15, 0.2) is 9.84 Å². The van der Waals surface area contributed by atoms with E-state index in [1.807, 2.05) is 19.9 Å². The Bertz CT molecular complexity index is 493. The second-order valence-electron chi connectivity index (χ2n) is 4.55. The molecule has 2 rings (SSSR count). The van der Waals surface area contributed by atoms with Crippen molar-refractivity contribution in [1.82, 2.24) is 9.78 Å². The molecule has 0 N–H and O–H groups in total. The van der Waals surface area contributed by atoms with Gasteiger partial charge < -0.3 is 0 Å². The summed E-state index contributed by atoms with van der Waals surface area (Å²) >= 11 is 6.07. The third-order valence-corrected chi connectivity index (χ3v) is 4.89. The lowest BCUT2D eigenvalue weighted by atomic mass is 10.1. The Morgan fingerprint density at radius 1 is 1.56 bits per heavy atom. The molecule has 1 saturated heterocycles. The summed E-state index contributed by atoms with van der Waals surface area (Å²) in [5.41, 5.74) is 0.911. The van der Waals surface area contributed by atoms with Gasteiger partial charge in [-0.15, -0.1) is 0 Å². The zero-order valence-corrected chi connectivity index (χ0v) is 10.9. The molecule has 2 heterocycles. The maximum absolute atomic E-state index is 11.4. The molecule has 0 saturated carbocycles. The third-order valence-electron chi connectivity index (χ3n) is 2.85. The van der Waals surface area contributed by atoms with Crippen LogP contribution < -0.4 is 0 Å². The summed E-state index contributed by atoms with van der Waals surface area (Å²) in [5.74, 6) is 0.702. The van der Waals surface area contributed by atoms with E-state index in [4.69, 9.17) is 11.6 Å². The molecule has 1 fully saturated rings. The molecule has 0 aromatic carbocycles. The van der Waals surface area contributed by atoms with Gasteiger partial charge in [0, 0.05) is 0 Å². The van der Waals surface area contributed by atoms with Crippen molar-refractivity contribution in [3.8, 4) is 0 Å². The minimum atomic E-state index is -2.89. The van der Waals surface area contributed by atoms with Crippen LogP contribution in [0.25, 0.3) is 0 Å². The molecule has 0 spiro atoms. The van der Waals surface area contributed by atoms with Crippen LogP contribution in [0, 0.1) is 0 Å². The fraction of sp³-hybridized carbons (Fsp3) is 0.700. The summed E-state index contributed by atoms with van der Waals surface area (Å²) in [5, 5.41) is 4.91. The number of hydrogen-bond acceptors (Lipinski definition) is 3. The van der Waals surface area contributed by atoms with Crippen LogP contribution in [-0.4, -0.2) is 29.7 Å². The molecule has 6 heteroatoms. The highest BCUT2D eigenvalue weighted by Gasteiger charge is 2.31. The number of rotatable bonds is 2. The smallest absolute Gasteiger partial charge is 0.152 e. The Hall–Kier alpha value is -0.550. The summed E-state index contributed by atoms with van der Waals surface area (Å²) in [6.07, 6.45) is 0.612. The van der Waals surface area contributed by atoms with Crippen LogP contribution in [0.3, 0.4) is 0 Å². The Balaban J connectivity index is 2.28. The SMILES string of the molecule is CC(C)c1cc(Cl)n(C2CCS(=O)(=O)C2)n1. The molecule has 1 aliphatic heterocycles. The molecule has 1 aromatic heterocycles. The van der Waals surface area contributed by atoms with E-state index in [2.05, 4.69) is 5.10 Å². The second-order valence-corrected chi connectivity index (χ2v) is 7.16. The summed E-state index contributed by atoms with van der Waals surface area (Å²) in [6.45, 7) is 4.07. The molecule has 1 aromatic rings. The molecule has 0 aliphatic carbocycles. The van der Waals surface area contributed by atoms with Crippen molar-refractivity contribution in [3.05, 3.63) is 16.9 Å². The first kappa shape index (κ1) is 11.9. The lowest BCUT2D eigenvalue weighted by Crippen LogP contribution is -2.12. The molecular weight excluding hydrogens is 248 g/mol. The van der Waals surface area contributed by atoms with Crippen LogP contribution in [0.5, 0.6) is 0 Å². The van der Waals surface area contributed by atoms with E-state index in [0.29, 0.717) is 17.5 Å². The Kier molecular flexibility index (Phi) is 3.01. The first-order chi connectivity index (χ1) is 7.39. The van der Waals surface area contributed by atoms with Gasteiger partial charge in [-0.25, -0.2) is 13.1 Å². The standard InChI is InChI=1S/C10H15ClN2O2S/c1-7(2)9-5-10(11)13(12-9)8-3-4-16(14,15)6-8/h5,7-8H,3-4,6H2,1-2H3. The van der Waals surface area contributed by atoms with E-state index in [1.165, 1.54) is 0 Å². The minimum absolute atomic E-state index is 0.0926. The van der Waals surface area contributed by atoms with Crippen LogP contribution in [0.2, 0.25) is 5.15 Å². The summed E-state index contributed by atoms with van der Waals surface area (Å²) in [7, 11) is -2.89. The number of sulfone groups is 1. The first-order valence-corrected chi connectivity index (χ1v) is 7.54. The highest BCUT2D eigenvalue weighted by molar-refractivity contribution is 7.91. The molecule has 0 amide bonds. The maximum atomic E-state index is 11.4. The van der Waals surface area contributed by atoms with Gasteiger partial charge in [-0.1, -0.05) is 25.4 Å². The summed E-state index contributed by atoms with van der Waals surface area (Å²) in [4.78, 5) is 0. The van der Waals surface area contributed by atoms with Crippen molar-refractivity contribution < 1.29 is 8.42 Å². The van der Waals surface area contributed by atoms with Gasteiger partial charge in [-0.3, -0.25) is 0 Å². The number of aromatic nitrogens is 2. The van der Waals surface area contributed by atoms with Gasteiger partial charge in [0.25, 0.3) is 0 Å². The van der Waals surface area contributed by atoms with Gasteiger partial charge in [-0.2, -0.15) is 5.10 Å². The molecule has 90 valence electrons. The molecule has 4 nitrogen and oxygen atoms in total. The molecule has 0 radical (unpaired) electrons. The van der Waals surface area contributed by atoms with Crippen LogP contribution in [0.4, 0.5) is 0 Å². The van der Waals surface area contributed by atoms with Gasteiger partial charge >= 0.3 is 0 Å². The summed E-state index contributed by atoms with van der Waals surface area (Å²) in [6, 6.07) is 1.72. The minimum Gasteiger partial charge on any atom is -0.250 e. The fourth-order valence-corrected chi connectivity index (χ4v) is 3.88. The van der Waals surface area contributed by atoms with Crippen molar-refractivity contribution >= 4 is 21.4 Å². The van der Waals surface area contributed by atoms with Crippen LogP contribution >= 0.6 is 11.6 Å². The lowest BCUT2D eigenvalue weighted by Gasteiger charge is -2.09. The van der Waals surface area contributed by atoms with Crippen LogP contribution in [0.15, 0.2) is 6.07 Å². The van der Waals surface area contributed by atoms with Gasteiger partial charge in [-0.05, 0) is 18.4 Å². The number of halogens is 1. The largest absolute Gasteiger partial charge is 0.250 e. The van der Waals surface area contributed by atoms with E-state index >= 15 is 0 Å². The Morgan fingerprint density at radius 2 is 2.25 bits per heavy atom. The second kappa shape index (κ2) is 4.04. The average Bonchev–Trinajstić information content (AvgIpc) is 2.69. The van der Waals surface area contributed by atoms with Gasteiger partial charge in [0.1, 0.15) is 5.15 Å². The average molecular weight is 263 g/mol. The quantitative estimate of drug-likeness (QED) is 0.819. The molecule has 0 bridgehead atoms. The van der Waals surface area contributed by atoms with Crippen molar-refractivity contribution in [2.45, 2.75) is 32.2 Å². The van der Waals surface area contributed by atoms with Crippen molar-refractivity contribution in [3.63, 3.8) is 0 Å². The Morgan fingerprint density at radius 3 is 2.69 bits per heavy atom. The molecule has 16 heavy (non-hydrogen) atoms. The lowest BCUT2D eigenvalue weighted by molar-refractivity contribution is 0.493. The molecule has 1 atom stereocenters. The maximum Gasteiger partial charge on any atom is 0.152 e. The zero-order chi connectivity index (χ0) is 11.9. The predicted octanol–water partition coefficient (Wildman–Crippen LogP) is 2.02. The molecule has 1 aliphatic rings. The topological polar surface area (TPSA) is 52.0 Å². The van der Waals surface area contributed by atoms with Crippen molar-refractivity contribution in [2.24, 2.45) is 0 Å². The zero-order valence-electron chi connectivity index (χ0n) is 9.35. The number of hydrogen-bond donors (Lipinski definition) is 0. The van der Waals surface area contributed by atoms with E-state index in [1.54, 1.807) is 4.68 Å². The summed E-state index contributed by atoms with van der Waals surface area (Å²) < 4.78 is 24.4. The van der Waals surface area contributed by atoms with E-state index in [9.17, 15) is 8.42 Å². The Labute approximate surface area is 101 Å². The van der Waals surface area contributed by atoms with Crippen LogP contribution in [-0.2, 0) is 9.84 Å². The normalized spacial score (nSPS) is 24.1. The predicted molar refractivity (Wildman–Crippen MR) is 63.6 cm³/mol. The van der Waals surface area contributed by atoms with E-state index < -0.39 is 9.84 Å². The van der Waals surface area contributed by atoms with Crippen molar-refractivity contribution in [1.29, 1.82) is 0 Å². The van der Waals surface area contributed by atoms with Crippen LogP contribution in [0.1, 0.15) is 37.9 Å². The van der Waals surface area contributed by atoms with Gasteiger partial charge in [0.05, 0.1) is 23.2 Å². The fourth-order valence-electron chi connectivity index (χ4n) is 1.90. The highest BCUT2D eigenvalue weighted by Crippen LogP contribution is 2.28. The third kappa shape index (κ3) is 2.25. The number of nitrogens with zero attached hydrogens (tertiary/aromatic N) is 2. The molecule has 1 unspecified atom stereocenters. The van der Waals surface area contributed by atoms with Gasteiger partial charge in [0.2, 0.25) is 0 Å². The molecular formula is C10H15ClN2O2S. The van der Waals surface area contributed by atoms with E-state index in [-0.39, 0.29) is 17.5 Å². The van der Waals surface area contributed by atoms with Crippen molar-refractivity contribution in [2.75, 3.05) is 11.5 Å².